The molecule has 8 nitrogen and oxygen atoms in total. The van der Waals surface area contributed by atoms with Gasteiger partial charge in [0.2, 0.25) is 10.0 Å². The molecule has 1 saturated heterocycles. The molecule has 9 heteroatoms. The van der Waals surface area contributed by atoms with Crippen LogP contribution in [-0.2, 0) is 21.3 Å². The first-order valence-electron chi connectivity index (χ1n) is 11.8. The molecule has 1 atom stereocenters. The van der Waals surface area contributed by atoms with Gasteiger partial charge in [-0.15, -0.1) is 0 Å². The number of carbonyl (C=O) groups is 1. The Kier molecular flexibility index (Phi) is 8.20. The Hall–Kier alpha value is -2.46. The predicted molar refractivity (Wildman–Crippen MR) is 129 cm³/mol. The Labute approximate surface area is 201 Å². The fourth-order valence-corrected chi connectivity index (χ4v) is 6.05. The molecule has 2 fully saturated rings. The van der Waals surface area contributed by atoms with Gasteiger partial charge in [-0.1, -0.05) is 43.2 Å². The number of morpholine rings is 1. The lowest BCUT2D eigenvalue weighted by Gasteiger charge is -2.33. The van der Waals surface area contributed by atoms with E-state index in [0.717, 1.165) is 38.8 Å². The van der Waals surface area contributed by atoms with Crippen LogP contribution in [0, 0.1) is 0 Å². The first-order chi connectivity index (χ1) is 16.4. The first-order valence-corrected chi connectivity index (χ1v) is 13.3. The van der Waals surface area contributed by atoms with Crippen molar-refractivity contribution in [2.75, 3.05) is 33.4 Å². The maximum atomic E-state index is 13.0. The number of nitrogens with zero attached hydrogens (tertiary/aromatic N) is 1. The lowest BCUT2D eigenvalue weighted by Crippen LogP contribution is -2.47. The van der Waals surface area contributed by atoms with E-state index in [1.54, 1.807) is 6.07 Å². The zero-order valence-corrected chi connectivity index (χ0v) is 20.4. The Balaban J connectivity index is 1.37. The van der Waals surface area contributed by atoms with E-state index in [1.807, 2.05) is 18.2 Å². The van der Waals surface area contributed by atoms with Gasteiger partial charge in [-0.2, -0.15) is 0 Å². The van der Waals surface area contributed by atoms with E-state index in [1.165, 1.54) is 24.8 Å². The average Bonchev–Trinajstić information content (AvgIpc) is 3.35. The zero-order valence-electron chi connectivity index (χ0n) is 19.5. The van der Waals surface area contributed by atoms with Crippen molar-refractivity contribution in [3.63, 3.8) is 0 Å². The molecule has 184 valence electrons. The van der Waals surface area contributed by atoms with Gasteiger partial charge in [0.15, 0.2) is 0 Å². The van der Waals surface area contributed by atoms with Crippen LogP contribution in [0.4, 0.5) is 0 Å². The van der Waals surface area contributed by atoms with Crippen LogP contribution in [0.5, 0.6) is 5.75 Å². The van der Waals surface area contributed by atoms with Crippen molar-refractivity contribution in [2.45, 2.75) is 49.3 Å². The number of methoxy groups -OCH3 is 1. The van der Waals surface area contributed by atoms with E-state index >= 15 is 0 Å². The highest BCUT2D eigenvalue weighted by atomic mass is 32.2. The molecule has 0 spiro atoms. The summed E-state index contributed by atoms with van der Waals surface area (Å²) in [6.07, 6.45) is 3.54. The summed E-state index contributed by atoms with van der Waals surface area (Å²) in [7, 11) is -2.38. The first kappa shape index (κ1) is 24.7. The number of hydrogen-bond acceptors (Lipinski definition) is 6. The molecule has 0 radical (unpaired) electrons. The molecule has 1 aliphatic carbocycles. The van der Waals surface area contributed by atoms with Gasteiger partial charge in [-0.25, -0.2) is 13.1 Å². The van der Waals surface area contributed by atoms with Gasteiger partial charge in [0, 0.05) is 37.8 Å². The standard InChI is InChI=1S/C25H33N3O5S/c1-32-23-12-11-20(15-24(23)34(30,31)27-21-9-5-6-10-21)25(29)26-16-22-18-28(13-14-33-22)17-19-7-3-2-4-8-19/h2-4,7-8,11-12,15,21-22,27H,5-6,9-10,13-14,16-18H2,1H3,(H,26,29). The summed E-state index contributed by atoms with van der Waals surface area (Å²) in [6.45, 7) is 3.34. The minimum absolute atomic E-state index is 0.0162. The van der Waals surface area contributed by atoms with Gasteiger partial charge in [0.05, 0.1) is 19.8 Å². The van der Waals surface area contributed by atoms with Crippen LogP contribution in [0.15, 0.2) is 53.4 Å². The van der Waals surface area contributed by atoms with Crippen molar-refractivity contribution in [1.82, 2.24) is 14.9 Å². The third-order valence-electron chi connectivity index (χ3n) is 6.35. The predicted octanol–water partition coefficient (Wildman–Crippen LogP) is 2.55. The minimum atomic E-state index is -3.80. The highest BCUT2D eigenvalue weighted by Crippen LogP contribution is 2.27. The van der Waals surface area contributed by atoms with Gasteiger partial charge in [-0.05, 0) is 36.6 Å². The largest absolute Gasteiger partial charge is 0.495 e. The number of ether oxygens (including phenoxy) is 2. The Morgan fingerprint density at radius 1 is 1.15 bits per heavy atom. The normalized spacial score (nSPS) is 19.7. The van der Waals surface area contributed by atoms with Crippen LogP contribution < -0.4 is 14.8 Å². The number of rotatable bonds is 9. The number of amides is 1. The molecule has 34 heavy (non-hydrogen) atoms. The van der Waals surface area contributed by atoms with Crippen molar-refractivity contribution in [3.8, 4) is 5.75 Å². The average molecular weight is 488 g/mol. The van der Waals surface area contributed by atoms with Gasteiger partial charge in [0.25, 0.3) is 5.91 Å². The van der Waals surface area contributed by atoms with E-state index in [0.29, 0.717) is 19.7 Å². The number of carbonyl (C=O) groups excluding carboxylic acids is 1. The summed E-state index contributed by atoms with van der Waals surface area (Å²) in [5, 5.41) is 2.90. The highest BCUT2D eigenvalue weighted by Gasteiger charge is 2.27. The van der Waals surface area contributed by atoms with Crippen LogP contribution >= 0.6 is 0 Å². The smallest absolute Gasteiger partial charge is 0.251 e. The third kappa shape index (κ3) is 6.35. The lowest BCUT2D eigenvalue weighted by atomic mass is 10.1. The molecular formula is C25H33N3O5S. The molecule has 1 unspecified atom stereocenters. The molecule has 2 aliphatic rings. The van der Waals surface area contributed by atoms with Crippen LogP contribution in [0.2, 0.25) is 0 Å². The van der Waals surface area contributed by atoms with Gasteiger partial charge in [0.1, 0.15) is 10.6 Å². The van der Waals surface area contributed by atoms with E-state index < -0.39 is 10.0 Å². The van der Waals surface area contributed by atoms with Crippen LogP contribution in [0.1, 0.15) is 41.6 Å². The summed E-state index contributed by atoms with van der Waals surface area (Å²) in [6, 6.07) is 14.7. The number of nitrogens with one attached hydrogen (secondary N) is 2. The zero-order chi connectivity index (χ0) is 24.0. The monoisotopic (exact) mass is 487 g/mol. The maximum absolute atomic E-state index is 13.0. The summed E-state index contributed by atoms with van der Waals surface area (Å²) >= 11 is 0. The molecule has 1 heterocycles. The van der Waals surface area contributed by atoms with Crippen LogP contribution in [0.3, 0.4) is 0 Å². The number of benzene rings is 2. The number of sulfonamides is 1. The molecule has 0 bridgehead atoms. The second kappa shape index (κ2) is 11.3. The van der Waals surface area contributed by atoms with Crippen LogP contribution in [-0.4, -0.2) is 64.7 Å². The molecule has 4 rings (SSSR count). The summed E-state index contributed by atoms with van der Waals surface area (Å²) in [5.41, 5.74) is 1.51. The van der Waals surface area contributed by atoms with Crippen molar-refractivity contribution < 1.29 is 22.7 Å². The second-order valence-corrected chi connectivity index (χ2v) is 10.6. The maximum Gasteiger partial charge on any atom is 0.251 e. The summed E-state index contributed by atoms with van der Waals surface area (Å²) in [5.74, 6) is -0.127. The lowest BCUT2D eigenvalue weighted by molar-refractivity contribution is -0.0292. The molecule has 2 aromatic carbocycles. The fraction of sp³-hybridized carbons (Fsp3) is 0.480. The molecule has 1 saturated carbocycles. The van der Waals surface area contributed by atoms with Crippen LogP contribution in [0.25, 0.3) is 0 Å². The van der Waals surface area contributed by atoms with Crippen molar-refractivity contribution in [3.05, 3.63) is 59.7 Å². The van der Waals surface area contributed by atoms with Crippen molar-refractivity contribution >= 4 is 15.9 Å². The molecule has 2 aromatic rings. The molecule has 2 N–H and O–H groups in total. The number of hydrogen-bond donors (Lipinski definition) is 2. The molecular weight excluding hydrogens is 454 g/mol. The van der Waals surface area contributed by atoms with Gasteiger partial charge in [-0.3, -0.25) is 9.69 Å². The van der Waals surface area contributed by atoms with Crippen molar-refractivity contribution in [2.24, 2.45) is 0 Å². The van der Waals surface area contributed by atoms with Gasteiger partial charge >= 0.3 is 0 Å². The van der Waals surface area contributed by atoms with Crippen molar-refractivity contribution in [1.29, 1.82) is 0 Å². The second-order valence-electron chi connectivity index (χ2n) is 8.89. The third-order valence-corrected chi connectivity index (χ3v) is 7.90. The fourth-order valence-electron chi connectivity index (χ4n) is 4.55. The Morgan fingerprint density at radius 3 is 2.65 bits per heavy atom. The Morgan fingerprint density at radius 2 is 1.91 bits per heavy atom. The van der Waals surface area contributed by atoms with E-state index in [-0.39, 0.29) is 34.3 Å². The van der Waals surface area contributed by atoms with Gasteiger partial charge < -0.3 is 14.8 Å². The molecule has 1 amide bonds. The quantitative estimate of drug-likeness (QED) is 0.564. The molecule has 0 aromatic heterocycles. The van der Waals surface area contributed by atoms with E-state index in [4.69, 9.17) is 9.47 Å². The summed E-state index contributed by atoms with van der Waals surface area (Å²) in [4.78, 5) is 15.1. The van der Waals surface area contributed by atoms with E-state index in [9.17, 15) is 13.2 Å². The minimum Gasteiger partial charge on any atom is -0.495 e. The topological polar surface area (TPSA) is 97.0 Å². The molecule has 1 aliphatic heterocycles. The Bertz CT molecular complexity index is 1070. The van der Waals surface area contributed by atoms with E-state index in [2.05, 4.69) is 27.1 Å². The highest BCUT2D eigenvalue weighted by molar-refractivity contribution is 7.89. The summed E-state index contributed by atoms with van der Waals surface area (Å²) < 4.78 is 39.8. The SMILES string of the molecule is COc1ccc(C(=O)NCC2CN(Cc3ccccc3)CCO2)cc1S(=O)(=O)NC1CCCC1.